The normalized spacial score (nSPS) is 18.2. The van der Waals surface area contributed by atoms with Crippen molar-refractivity contribution in [1.29, 1.82) is 5.26 Å². The van der Waals surface area contributed by atoms with Crippen LogP contribution in [0.3, 0.4) is 0 Å². The fourth-order valence-electron chi connectivity index (χ4n) is 3.85. The SMILES string of the molecule is CCc1ccc(Oc2ccc(C#N)c(Cl)c2)cc1C1C(=O)C(C)(C)OC(C)(C)C1=O. The van der Waals surface area contributed by atoms with Gasteiger partial charge in [0.25, 0.3) is 0 Å². The number of nitriles is 1. The van der Waals surface area contributed by atoms with Gasteiger partial charge in [-0.1, -0.05) is 24.6 Å². The lowest BCUT2D eigenvalue weighted by Gasteiger charge is -2.43. The average Bonchev–Trinajstić information content (AvgIpc) is 2.67. The second kappa shape index (κ2) is 7.86. The third-order valence-electron chi connectivity index (χ3n) is 5.33. The highest BCUT2D eigenvalue weighted by Crippen LogP contribution is 2.41. The lowest BCUT2D eigenvalue weighted by atomic mass is 9.73. The molecular weight excluding hydrogens is 402 g/mol. The quantitative estimate of drug-likeness (QED) is 0.615. The molecule has 0 N–H and O–H groups in total. The number of benzene rings is 2. The summed E-state index contributed by atoms with van der Waals surface area (Å²) >= 11 is 6.09. The number of halogens is 1. The van der Waals surface area contributed by atoms with Gasteiger partial charge in [0, 0.05) is 6.07 Å². The third-order valence-corrected chi connectivity index (χ3v) is 5.64. The summed E-state index contributed by atoms with van der Waals surface area (Å²) in [4.78, 5) is 26.3. The van der Waals surface area contributed by atoms with Crippen LogP contribution in [0.2, 0.25) is 5.02 Å². The Bertz CT molecular complexity index is 1040. The summed E-state index contributed by atoms with van der Waals surface area (Å²) in [5.41, 5.74) is -0.265. The molecule has 0 unspecified atom stereocenters. The van der Waals surface area contributed by atoms with E-state index < -0.39 is 17.1 Å². The molecule has 0 saturated carbocycles. The average molecular weight is 426 g/mol. The molecule has 156 valence electrons. The molecule has 30 heavy (non-hydrogen) atoms. The fraction of sp³-hybridized carbons (Fsp3) is 0.375. The van der Waals surface area contributed by atoms with Gasteiger partial charge >= 0.3 is 0 Å². The Morgan fingerprint density at radius 2 is 1.60 bits per heavy atom. The monoisotopic (exact) mass is 425 g/mol. The Morgan fingerprint density at radius 3 is 2.13 bits per heavy atom. The molecule has 3 rings (SSSR count). The zero-order chi connectivity index (χ0) is 22.3. The molecule has 0 spiro atoms. The highest BCUT2D eigenvalue weighted by atomic mass is 35.5. The van der Waals surface area contributed by atoms with Crippen molar-refractivity contribution >= 4 is 23.2 Å². The van der Waals surface area contributed by atoms with Crippen molar-refractivity contribution in [3.05, 3.63) is 58.1 Å². The maximum Gasteiger partial charge on any atom is 0.179 e. The first-order chi connectivity index (χ1) is 14.0. The van der Waals surface area contributed by atoms with E-state index in [4.69, 9.17) is 26.3 Å². The van der Waals surface area contributed by atoms with Crippen LogP contribution in [0.4, 0.5) is 0 Å². The minimum atomic E-state index is -1.08. The first kappa shape index (κ1) is 22.0. The van der Waals surface area contributed by atoms with Gasteiger partial charge in [-0.25, -0.2) is 0 Å². The minimum absolute atomic E-state index is 0.264. The molecule has 5 nitrogen and oxygen atoms in total. The predicted molar refractivity (Wildman–Crippen MR) is 114 cm³/mol. The van der Waals surface area contributed by atoms with Crippen LogP contribution in [0.1, 0.15) is 57.2 Å². The van der Waals surface area contributed by atoms with Crippen LogP contribution in [0.25, 0.3) is 0 Å². The number of ether oxygens (including phenoxy) is 2. The molecule has 1 fully saturated rings. The molecule has 0 atom stereocenters. The van der Waals surface area contributed by atoms with E-state index in [9.17, 15) is 9.59 Å². The Balaban J connectivity index is 2.04. The molecule has 1 aliphatic rings. The third kappa shape index (κ3) is 3.98. The highest BCUT2D eigenvalue weighted by molar-refractivity contribution is 6.31. The second-order valence-electron chi connectivity index (χ2n) is 8.35. The Hall–Kier alpha value is -2.68. The van der Waals surface area contributed by atoms with E-state index in [1.165, 1.54) is 0 Å². The molecule has 1 aliphatic heterocycles. The first-order valence-electron chi connectivity index (χ1n) is 9.79. The van der Waals surface area contributed by atoms with Gasteiger partial charge < -0.3 is 9.47 Å². The molecular formula is C24H24ClNO4. The van der Waals surface area contributed by atoms with Gasteiger partial charge in [0.15, 0.2) is 11.6 Å². The molecule has 0 aliphatic carbocycles. The van der Waals surface area contributed by atoms with E-state index in [2.05, 4.69) is 0 Å². The zero-order valence-corrected chi connectivity index (χ0v) is 18.5. The highest BCUT2D eigenvalue weighted by Gasteiger charge is 2.53. The van der Waals surface area contributed by atoms with E-state index in [0.29, 0.717) is 34.1 Å². The van der Waals surface area contributed by atoms with Gasteiger partial charge in [-0.3, -0.25) is 9.59 Å². The van der Waals surface area contributed by atoms with Crippen molar-refractivity contribution in [1.82, 2.24) is 0 Å². The molecule has 2 aromatic carbocycles. The van der Waals surface area contributed by atoms with E-state index in [0.717, 1.165) is 5.56 Å². The Morgan fingerprint density at radius 1 is 1.03 bits per heavy atom. The van der Waals surface area contributed by atoms with E-state index in [1.807, 2.05) is 19.1 Å². The summed E-state index contributed by atoms with van der Waals surface area (Å²) in [5.74, 6) is -0.517. The number of carbonyl (C=O) groups is 2. The number of rotatable bonds is 4. The summed E-state index contributed by atoms with van der Waals surface area (Å²) in [6.07, 6.45) is 0.664. The van der Waals surface area contributed by atoms with Crippen LogP contribution < -0.4 is 4.74 Å². The van der Waals surface area contributed by atoms with Crippen molar-refractivity contribution in [2.45, 2.75) is 58.2 Å². The van der Waals surface area contributed by atoms with Crippen molar-refractivity contribution in [3.8, 4) is 17.6 Å². The molecule has 1 heterocycles. The lowest BCUT2D eigenvalue weighted by Crippen LogP contribution is -2.58. The number of aryl methyl sites for hydroxylation is 1. The second-order valence-corrected chi connectivity index (χ2v) is 8.76. The number of carbonyl (C=O) groups excluding carboxylic acids is 2. The molecule has 6 heteroatoms. The van der Waals surface area contributed by atoms with Gasteiger partial charge in [0.1, 0.15) is 34.7 Å². The van der Waals surface area contributed by atoms with Gasteiger partial charge in [-0.2, -0.15) is 5.26 Å². The van der Waals surface area contributed by atoms with Gasteiger partial charge in [-0.15, -0.1) is 0 Å². The van der Waals surface area contributed by atoms with Crippen LogP contribution in [-0.2, 0) is 20.7 Å². The predicted octanol–water partition coefficient (Wildman–Crippen LogP) is 5.38. The smallest absolute Gasteiger partial charge is 0.179 e. The van der Waals surface area contributed by atoms with Crippen LogP contribution in [0.15, 0.2) is 36.4 Å². The number of nitrogens with zero attached hydrogens (tertiary/aromatic N) is 1. The number of hydrogen-bond donors (Lipinski definition) is 0. The first-order valence-corrected chi connectivity index (χ1v) is 10.2. The summed E-state index contributed by atoms with van der Waals surface area (Å²) in [7, 11) is 0. The van der Waals surface area contributed by atoms with Gasteiger partial charge in [-0.05, 0) is 69.5 Å². The standard InChI is InChI=1S/C24H24ClNO4/c1-6-14-7-9-16(29-17-10-8-15(13-26)19(25)12-17)11-18(14)20-21(27)23(2,3)30-24(4,5)22(20)28/h7-12,20H,6H2,1-5H3. The number of Topliss-reactive ketones (excluding diaryl/α,β-unsaturated/α-hetero) is 2. The van der Waals surface area contributed by atoms with E-state index in [-0.39, 0.29) is 11.6 Å². The van der Waals surface area contributed by atoms with Crippen LogP contribution in [0, 0.1) is 11.3 Å². The summed E-state index contributed by atoms with van der Waals surface area (Å²) in [6.45, 7) is 8.76. The zero-order valence-electron chi connectivity index (χ0n) is 17.7. The number of hydrogen-bond acceptors (Lipinski definition) is 5. The fourth-order valence-corrected chi connectivity index (χ4v) is 4.06. The maximum atomic E-state index is 13.2. The minimum Gasteiger partial charge on any atom is -0.457 e. The van der Waals surface area contributed by atoms with Crippen molar-refractivity contribution < 1.29 is 19.1 Å². The van der Waals surface area contributed by atoms with Gasteiger partial charge in [0.05, 0.1) is 10.6 Å². The Kier molecular flexibility index (Phi) is 5.77. The summed E-state index contributed by atoms with van der Waals surface area (Å²) in [6, 6.07) is 12.2. The summed E-state index contributed by atoms with van der Waals surface area (Å²) in [5, 5.41) is 9.31. The molecule has 0 aromatic heterocycles. The molecule has 0 radical (unpaired) electrons. The lowest BCUT2D eigenvalue weighted by molar-refractivity contribution is -0.184. The van der Waals surface area contributed by atoms with Gasteiger partial charge in [0.2, 0.25) is 0 Å². The largest absolute Gasteiger partial charge is 0.457 e. The molecule has 0 bridgehead atoms. The molecule has 2 aromatic rings. The van der Waals surface area contributed by atoms with Crippen LogP contribution in [0.5, 0.6) is 11.5 Å². The Labute approximate surface area is 181 Å². The maximum absolute atomic E-state index is 13.2. The molecule has 1 saturated heterocycles. The van der Waals surface area contributed by atoms with Crippen molar-refractivity contribution in [2.24, 2.45) is 0 Å². The van der Waals surface area contributed by atoms with Crippen LogP contribution >= 0.6 is 11.6 Å². The van der Waals surface area contributed by atoms with E-state index >= 15 is 0 Å². The van der Waals surface area contributed by atoms with Crippen molar-refractivity contribution in [3.63, 3.8) is 0 Å². The van der Waals surface area contributed by atoms with E-state index in [1.54, 1.807) is 58.0 Å². The summed E-state index contributed by atoms with van der Waals surface area (Å²) < 4.78 is 11.7. The van der Waals surface area contributed by atoms with Crippen molar-refractivity contribution in [2.75, 3.05) is 0 Å². The number of ketones is 2. The molecule has 0 amide bonds. The van der Waals surface area contributed by atoms with Crippen LogP contribution in [-0.4, -0.2) is 22.8 Å². The topological polar surface area (TPSA) is 76.4 Å².